The minimum absolute atomic E-state index is 0.218. The Morgan fingerprint density at radius 1 is 1.42 bits per heavy atom. The molecule has 6 heteroatoms. The number of ether oxygens (including phenoxy) is 1. The number of thiazole rings is 1. The largest absolute Gasteiger partial charge is 0.466 e. The zero-order valence-corrected chi connectivity index (χ0v) is 11.7. The number of hydrogen-bond acceptors (Lipinski definition) is 6. The number of pyridine rings is 1. The highest BCUT2D eigenvalue weighted by Crippen LogP contribution is 2.26. The molecule has 0 aromatic carbocycles. The molecule has 0 radical (unpaired) electrons. The van der Waals surface area contributed by atoms with Crippen LogP contribution in [0.3, 0.4) is 0 Å². The monoisotopic (exact) mass is 277 g/mol. The first-order valence-corrected chi connectivity index (χ1v) is 6.79. The first kappa shape index (κ1) is 13.5. The van der Waals surface area contributed by atoms with Gasteiger partial charge in [-0.25, -0.2) is 4.98 Å². The summed E-state index contributed by atoms with van der Waals surface area (Å²) in [6.45, 7) is 4.09. The number of aromatic nitrogens is 2. The van der Waals surface area contributed by atoms with Crippen LogP contribution in [0.5, 0.6) is 0 Å². The van der Waals surface area contributed by atoms with Gasteiger partial charge in [-0.15, -0.1) is 11.3 Å². The van der Waals surface area contributed by atoms with Gasteiger partial charge in [0.15, 0.2) is 5.13 Å². The van der Waals surface area contributed by atoms with E-state index < -0.39 is 0 Å². The van der Waals surface area contributed by atoms with Crippen molar-refractivity contribution in [1.82, 2.24) is 9.97 Å². The van der Waals surface area contributed by atoms with E-state index in [0.29, 0.717) is 6.61 Å². The van der Waals surface area contributed by atoms with Crippen molar-refractivity contribution >= 4 is 28.1 Å². The van der Waals surface area contributed by atoms with Crippen molar-refractivity contribution < 1.29 is 9.53 Å². The molecule has 0 unspecified atom stereocenters. The van der Waals surface area contributed by atoms with E-state index in [1.54, 1.807) is 19.3 Å². The predicted molar refractivity (Wildman–Crippen MR) is 74.7 cm³/mol. The van der Waals surface area contributed by atoms with E-state index in [1.165, 1.54) is 11.3 Å². The summed E-state index contributed by atoms with van der Waals surface area (Å²) in [4.78, 5) is 20.7. The third-order valence-corrected chi connectivity index (χ3v) is 3.51. The Morgan fingerprint density at radius 2 is 2.16 bits per heavy atom. The zero-order chi connectivity index (χ0) is 13.7. The molecule has 2 aromatic heterocycles. The number of carbonyl (C=O) groups excluding carboxylic acids is 1. The van der Waals surface area contributed by atoms with Crippen molar-refractivity contribution in [1.29, 1.82) is 0 Å². The third-order valence-electron chi connectivity index (χ3n) is 2.43. The van der Waals surface area contributed by atoms with Crippen molar-refractivity contribution in [3.05, 3.63) is 35.1 Å². The average Bonchev–Trinajstić information content (AvgIpc) is 2.71. The van der Waals surface area contributed by atoms with Crippen molar-refractivity contribution in [3.8, 4) is 0 Å². The van der Waals surface area contributed by atoms with E-state index in [0.717, 1.165) is 21.4 Å². The second-order valence-electron chi connectivity index (χ2n) is 3.87. The Bertz CT molecular complexity index is 554. The average molecular weight is 277 g/mol. The van der Waals surface area contributed by atoms with Gasteiger partial charge in [-0.1, -0.05) is 0 Å². The van der Waals surface area contributed by atoms with Crippen LogP contribution in [0.15, 0.2) is 24.5 Å². The molecule has 2 heterocycles. The minimum Gasteiger partial charge on any atom is -0.466 e. The Morgan fingerprint density at radius 3 is 2.84 bits per heavy atom. The highest BCUT2D eigenvalue weighted by atomic mass is 32.1. The maximum Gasteiger partial charge on any atom is 0.311 e. The summed E-state index contributed by atoms with van der Waals surface area (Å²) >= 11 is 1.47. The van der Waals surface area contributed by atoms with Gasteiger partial charge in [-0.2, -0.15) is 0 Å². The molecular formula is C13H15N3O2S. The van der Waals surface area contributed by atoms with Gasteiger partial charge in [0, 0.05) is 23.0 Å². The molecule has 0 saturated carbocycles. The molecule has 0 atom stereocenters. The fourth-order valence-corrected chi connectivity index (χ4v) is 2.52. The first-order chi connectivity index (χ1) is 9.19. The molecule has 0 aliphatic rings. The number of aryl methyl sites for hydroxylation is 1. The van der Waals surface area contributed by atoms with E-state index in [-0.39, 0.29) is 12.4 Å². The quantitative estimate of drug-likeness (QED) is 0.851. The van der Waals surface area contributed by atoms with Crippen molar-refractivity contribution in [2.45, 2.75) is 20.3 Å². The number of esters is 1. The van der Waals surface area contributed by atoms with Crippen LogP contribution in [0.1, 0.15) is 17.5 Å². The summed E-state index contributed by atoms with van der Waals surface area (Å²) in [6, 6.07) is 3.73. The highest BCUT2D eigenvalue weighted by molar-refractivity contribution is 7.15. The molecule has 0 bridgehead atoms. The second kappa shape index (κ2) is 6.29. The van der Waals surface area contributed by atoms with Gasteiger partial charge in [0.25, 0.3) is 0 Å². The SMILES string of the molecule is CCOC(=O)Cc1sc(Nc2ccncc2)nc1C. The van der Waals surface area contributed by atoms with Gasteiger partial charge < -0.3 is 10.1 Å². The van der Waals surface area contributed by atoms with Gasteiger partial charge in [0.1, 0.15) is 0 Å². The summed E-state index contributed by atoms with van der Waals surface area (Å²) < 4.78 is 4.94. The molecule has 2 aromatic rings. The molecule has 0 saturated heterocycles. The van der Waals surface area contributed by atoms with Gasteiger partial charge in [0.05, 0.1) is 18.7 Å². The molecule has 0 fully saturated rings. The van der Waals surface area contributed by atoms with Crippen LogP contribution in [0.2, 0.25) is 0 Å². The molecule has 5 nitrogen and oxygen atoms in total. The summed E-state index contributed by atoms with van der Waals surface area (Å²) in [5.74, 6) is -0.218. The summed E-state index contributed by atoms with van der Waals surface area (Å²) in [5.41, 5.74) is 1.78. The van der Waals surface area contributed by atoms with Gasteiger partial charge >= 0.3 is 5.97 Å². The summed E-state index contributed by atoms with van der Waals surface area (Å²) in [7, 11) is 0. The van der Waals surface area contributed by atoms with Crippen LogP contribution in [0.4, 0.5) is 10.8 Å². The fraction of sp³-hybridized carbons (Fsp3) is 0.308. The fourth-order valence-electron chi connectivity index (χ4n) is 1.55. The molecule has 0 spiro atoms. The lowest BCUT2D eigenvalue weighted by Crippen LogP contribution is -2.07. The van der Waals surface area contributed by atoms with Crippen molar-refractivity contribution in [2.75, 3.05) is 11.9 Å². The van der Waals surface area contributed by atoms with Crippen LogP contribution in [-0.4, -0.2) is 22.5 Å². The molecular weight excluding hydrogens is 262 g/mol. The second-order valence-corrected chi connectivity index (χ2v) is 4.95. The van der Waals surface area contributed by atoms with Crippen molar-refractivity contribution in [3.63, 3.8) is 0 Å². The van der Waals surface area contributed by atoms with Gasteiger partial charge in [-0.05, 0) is 26.0 Å². The molecule has 100 valence electrons. The van der Waals surface area contributed by atoms with Crippen molar-refractivity contribution in [2.24, 2.45) is 0 Å². The zero-order valence-electron chi connectivity index (χ0n) is 10.8. The molecule has 0 aliphatic carbocycles. The van der Waals surface area contributed by atoms with E-state index in [9.17, 15) is 4.79 Å². The van der Waals surface area contributed by atoms with Gasteiger partial charge in [-0.3, -0.25) is 9.78 Å². The number of rotatable bonds is 5. The molecule has 0 amide bonds. The standard InChI is InChI=1S/C13H15N3O2S/c1-3-18-12(17)8-11-9(2)15-13(19-11)16-10-4-6-14-7-5-10/h4-7H,3,8H2,1-2H3,(H,14,15,16). The van der Waals surface area contributed by atoms with Crippen LogP contribution in [0, 0.1) is 6.92 Å². The van der Waals surface area contributed by atoms with Crippen LogP contribution < -0.4 is 5.32 Å². The Labute approximate surface area is 115 Å². The normalized spacial score (nSPS) is 10.2. The van der Waals surface area contributed by atoms with E-state index >= 15 is 0 Å². The molecule has 1 N–H and O–H groups in total. The van der Waals surface area contributed by atoms with Crippen LogP contribution in [-0.2, 0) is 16.0 Å². The smallest absolute Gasteiger partial charge is 0.311 e. The Kier molecular flexibility index (Phi) is 4.46. The van der Waals surface area contributed by atoms with Crippen LogP contribution >= 0.6 is 11.3 Å². The van der Waals surface area contributed by atoms with E-state index in [1.807, 2.05) is 19.1 Å². The topological polar surface area (TPSA) is 64.1 Å². The number of hydrogen-bond donors (Lipinski definition) is 1. The molecule has 0 aliphatic heterocycles. The minimum atomic E-state index is -0.218. The maximum absolute atomic E-state index is 11.5. The lowest BCUT2D eigenvalue weighted by Gasteiger charge is -2.00. The number of anilines is 2. The first-order valence-electron chi connectivity index (χ1n) is 5.98. The number of nitrogens with one attached hydrogen (secondary N) is 1. The van der Waals surface area contributed by atoms with Gasteiger partial charge in [0.2, 0.25) is 0 Å². The summed E-state index contributed by atoms with van der Waals surface area (Å²) in [5, 5.41) is 3.95. The molecule has 19 heavy (non-hydrogen) atoms. The van der Waals surface area contributed by atoms with E-state index in [4.69, 9.17) is 4.74 Å². The predicted octanol–water partition coefficient (Wildman–Crippen LogP) is 2.70. The lowest BCUT2D eigenvalue weighted by molar-refractivity contribution is -0.142. The van der Waals surface area contributed by atoms with E-state index in [2.05, 4.69) is 15.3 Å². The lowest BCUT2D eigenvalue weighted by atomic mass is 10.3. The Balaban J connectivity index is 2.06. The summed E-state index contributed by atoms with van der Waals surface area (Å²) in [6.07, 6.45) is 3.69. The number of carbonyl (C=O) groups is 1. The number of nitrogens with zero attached hydrogens (tertiary/aromatic N) is 2. The van der Waals surface area contributed by atoms with Crippen LogP contribution in [0.25, 0.3) is 0 Å². The Hall–Kier alpha value is -1.95. The highest BCUT2D eigenvalue weighted by Gasteiger charge is 2.12. The maximum atomic E-state index is 11.5. The molecule has 2 rings (SSSR count). The third kappa shape index (κ3) is 3.75.